The third-order valence-corrected chi connectivity index (χ3v) is 6.28. The second-order valence-corrected chi connectivity index (χ2v) is 7.89. The van der Waals surface area contributed by atoms with E-state index in [1.54, 1.807) is 0 Å². The highest BCUT2D eigenvalue weighted by molar-refractivity contribution is 8.17. The Kier molecular flexibility index (Phi) is 3.12. The second kappa shape index (κ2) is 4.89. The van der Waals surface area contributed by atoms with E-state index in [1.165, 1.54) is 37.0 Å². The molecule has 1 aromatic carbocycles. The normalized spacial score (nSPS) is 18.1. The van der Waals surface area contributed by atoms with Crippen molar-refractivity contribution in [2.24, 2.45) is 10.9 Å². The highest BCUT2D eigenvalue weighted by Gasteiger charge is 2.34. The zero-order valence-corrected chi connectivity index (χ0v) is 14.1. The van der Waals surface area contributed by atoms with Crippen molar-refractivity contribution in [3.63, 3.8) is 0 Å². The number of benzene rings is 1. The van der Waals surface area contributed by atoms with Gasteiger partial charge in [-0.25, -0.2) is 0 Å². The van der Waals surface area contributed by atoms with E-state index in [-0.39, 0.29) is 0 Å². The minimum atomic E-state index is 0.535. The molecule has 0 saturated carbocycles. The lowest BCUT2D eigenvalue weighted by molar-refractivity contribution is 0.641. The lowest BCUT2D eigenvalue weighted by Gasteiger charge is -2.19. The topological polar surface area (TPSA) is 15.6 Å². The van der Waals surface area contributed by atoms with E-state index in [2.05, 4.69) is 54.2 Å². The Morgan fingerprint density at radius 3 is 2.95 bits per heavy atom. The molecule has 0 bridgehead atoms. The molecule has 21 heavy (non-hydrogen) atoms. The predicted molar refractivity (Wildman–Crippen MR) is 94.9 cm³/mol. The summed E-state index contributed by atoms with van der Waals surface area (Å²) in [4.78, 5) is 8.55. The van der Waals surface area contributed by atoms with Crippen molar-refractivity contribution in [1.29, 1.82) is 0 Å². The van der Waals surface area contributed by atoms with Gasteiger partial charge in [0.05, 0.1) is 12.2 Å². The average Bonchev–Trinajstić information content (AvgIpc) is 3.11. The summed E-state index contributed by atoms with van der Waals surface area (Å²) in [5, 5.41) is 4.77. The average molecular weight is 314 g/mol. The molecule has 0 unspecified atom stereocenters. The van der Waals surface area contributed by atoms with Gasteiger partial charge in [-0.2, -0.15) is 0 Å². The van der Waals surface area contributed by atoms with E-state index in [4.69, 9.17) is 0 Å². The number of aliphatic imine (C=N–C) groups is 1. The van der Waals surface area contributed by atoms with E-state index in [1.807, 2.05) is 23.1 Å². The van der Waals surface area contributed by atoms with Gasteiger partial charge in [-0.3, -0.25) is 4.99 Å². The van der Waals surface area contributed by atoms with Crippen molar-refractivity contribution in [3.05, 3.63) is 39.6 Å². The number of aryl methyl sites for hydroxylation is 1. The molecule has 0 fully saturated rings. The van der Waals surface area contributed by atoms with Crippen molar-refractivity contribution in [2.75, 3.05) is 13.1 Å². The van der Waals surface area contributed by atoms with Gasteiger partial charge >= 0.3 is 0 Å². The van der Waals surface area contributed by atoms with Crippen LogP contribution >= 0.6 is 23.1 Å². The number of rotatable bonds is 2. The number of thioether (sulfide) groups is 1. The van der Waals surface area contributed by atoms with Crippen molar-refractivity contribution < 1.29 is 0 Å². The van der Waals surface area contributed by atoms with E-state index in [0.29, 0.717) is 5.92 Å². The van der Waals surface area contributed by atoms with Crippen LogP contribution in [-0.2, 0) is 0 Å². The van der Waals surface area contributed by atoms with Crippen LogP contribution in [0.1, 0.15) is 25.0 Å². The molecule has 2 aromatic rings. The molecule has 2 aliphatic rings. The molecule has 0 atom stereocenters. The van der Waals surface area contributed by atoms with Gasteiger partial charge in [0.25, 0.3) is 0 Å². The maximum atomic E-state index is 4.66. The highest BCUT2D eigenvalue weighted by atomic mass is 32.2. The zero-order valence-electron chi connectivity index (χ0n) is 12.5. The van der Waals surface area contributed by atoms with Crippen LogP contribution in [0, 0.1) is 12.8 Å². The van der Waals surface area contributed by atoms with Crippen LogP contribution in [0.5, 0.6) is 0 Å². The number of nitrogens with zero attached hydrogens (tertiary/aromatic N) is 2. The van der Waals surface area contributed by atoms with Crippen molar-refractivity contribution in [3.8, 4) is 0 Å². The molecule has 0 spiro atoms. The molecule has 4 rings (SSSR count). The number of allylic oxidation sites excluding steroid dienone is 1. The second-order valence-electron chi connectivity index (χ2n) is 5.93. The van der Waals surface area contributed by atoms with Crippen molar-refractivity contribution in [1.82, 2.24) is 4.90 Å². The smallest absolute Gasteiger partial charge is 0.168 e. The minimum Gasteiger partial charge on any atom is -0.318 e. The molecule has 0 saturated heterocycles. The maximum Gasteiger partial charge on any atom is 0.168 e. The zero-order chi connectivity index (χ0) is 14.6. The van der Waals surface area contributed by atoms with Gasteiger partial charge in [0.15, 0.2) is 5.17 Å². The first-order chi connectivity index (χ1) is 10.1. The number of fused-ring (bicyclic) bond motifs is 2. The monoisotopic (exact) mass is 314 g/mol. The van der Waals surface area contributed by atoms with Gasteiger partial charge in [0.2, 0.25) is 0 Å². The number of hydrogen-bond acceptors (Lipinski definition) is 4. The molecule has 0 radical (unpaired) electrons. The SMILES string of the molecule is Cc1cc(C2=C(C(C)C)SC3=NCCN32)c2ccsc2c1. The summed E-state index contributed by atoms with van der Waals surface area (Å²) in [6, 6.07) is 6.89. The minimum absolute atomic E-state index is 0.535. The third-order valence-electron chi connectivity index (χ3n) is 4.00. The summed E-state index contributed by atoms with van der Waals surface area (Å²) < 4.78 is 1.38. The largest absolute Gasteiger partial charge is 0.318 e. The van der Waals surface area contributed by atoms with Crippen LogP contribution in [0.2, 0.25) is 0 Å². The van der Waals surface area contributed by atoms with E-state index in [0.717, 1.165) is 13.1 Å². The Morgan fingerprint density at radius 2 is 2.14 bits per heavy atom. The number of thiophene rings is 1. The molecular weight excluding hydrogens is 296 g/mol. The fourth-order valence-electron chi connectivity index (χ4n) is 3.08. The highest BCUT2D eigenvalue weighted by Crippen LogP contribution is 2.46. The summed E-state index contributed by atoms with van der Waals surface area (Å²) >= 11 is 3.70. The molecule has 108 valence electrons. The lowest BCUT2D eigenvalue weighted by atomic mass is 10.0. The summed E-state index contributed by atoms with van der Waals surface area (Å²) in [6.07, 6.45) is 0. The Bertz CT molecular complexity index is 783. The van der Waals surface area contributed by atoms with Gasteiger partial charge < -0.3 is 4.90 Å². The van der Waals surface area contributed by atoms with Gasteiger partial charge in [0.1, 0.15) is 0 Å². The maximum absolute atomic E-state index is 4.66. The van der Waals surface area contributed by atoms with E-state index in [9.17, 15) is 0 Å². The van der Waals surface area contributed by atoms with Gasteiger partial charge in [-0.05, 0) is 42.0 Å². The van der Waals surface area contributed by atoms with E-state index >= 15 is 0 Å². The molecule has 4 heteroatoms. The van der Waals surface area contributed by atoms with Gasteiger partial charge in [-0.15, -0.1) is 11.3 Å². The molecule has 0 aliphatic carbocycles. The first kappa shape index (κ1) is 13.4. The van der Waals surface area contributed by atoms with Gasteiger partial charge in [0, 0.05) is 27.1 Å². The first-order valence-electron chi connectivity index (χ1n) is 7.37. The van der Waals surface area contributed by atoms with Crippen LogP contribution in [0.25, 0.3) is 15.8 Å². The molecular formula is C17H18N2S2. The first-order valence-corrected chi connectivity index (χ1v) is 9.07. The van der Waals surface area contributed by atoms with Crippen LogP contribution < -0.4 is 0 Å². The van der Waals surface area contributed by atoms with Crippen LogP contribution in [0.4, 0.5) is 0 Å². The standard InChI is InChI=1S/C17H18N2S2/c1-10(2)16-15(19-6-5-18-17(19)21-16)13-8-11(3)9-14-12(13)4-7-20-14/h4,7-10H,5-6H2,1-3H3. The fraction of sp³-hybridized carbons (Fsp3) is 0.353. The summed E-state index contributed by atoms with van der Waals surface area (Å²) in [7, 11) is 0. The van der Waals surface area contributed by atoms with Crippen molar-refractivity contribution >= 4 is 44.0 Å². The lowest BCUT2D eigenvalue weighted by Crippen LogP contribution is -2.20. The Hall–Kier alpha value is -1.26. The van der Waals surface area contributed by atoms with Crippen LogP contribution in [0.3, 0.4) is 0 Å². The molecule has 2 aliphatic heterocycles. The fourth-order valence-corrected chi connectivity index (χ4v) is 5.18. The number of hydrogen-bond donors (Lipinski definition) is 0. The molecule has 2 nitrogen and oxygen atoms in total. The summed E-state index contributed by atoms with van der Waals surface area (Å²) in [6.45, 7) is 8.71. The summed E-state index contributed by atoms with van der Waals surface area (Å²) in [5.41, 5.74) is 4.12. The number of amidine groups is 1. The van der Waals surface area contributed by atoms with E-state index < -0.39 is 0 Å². The Labute approximate surface area is 133 Å². The molecule has 1 aromatic heterocycles. The quantitative estimate of drug-likeness (QED) is 0.779. The molecule has 3 heterocycles. The van der Waals surface area contributed by atoms with Crippen molar-refractivity contribution in [2.45, 2.75) is 20.8 Å². The van der Waals surface area contributed by atoms with Gasteiger partial charge in [-0.1, -0.05) is 25.6 Å². The third kappa shape index (κ3) is 2.04. The Balaban J connectivity index is 1.99. The summed E-state index contributed by atoms with van der Waals surface area (Å²) in [5.74, 6) is 0.535. The predicted octanol–water partition coefficient (Wildman–Crippen LogP) is 4.95. The Morgan fingerprint density at radius 1 is 1.29 bits per heavy atom. The molecule has 0 N–H and O–H groups in total. The molecule has 0 amide bonds. The van der Waals surface area contributed by atoms with Crippen LogP contribution in [-0.4, -0.2) is 23.2 Å². The van der Waals surface area contributed by atoms with Crippen LogP contribution in [0.15, 0.2) is 33.5 Å².